The number of rotatable bonds is 4. The maximum absolute atomic E-state index is 10.9. The maximum atomic E-state index is 10.9. The second-order valence-electron chi connectivity index (χ2n) is 3.18. The van der Waals surface area contributed by atoms with Crippen molar-refractivity contribution in [2.75, 3.05) is 0 Å². The van der Waals surface area contributed by atoms with Gasteiger partial charge in [0.15, 0.2) is 0 Å². The van der Waals surface area contributed by atoms with Gasteiger partial charge in [0.2, 0.25) is 0 Å². The lowest BCUT2D eigenvalue weighted by Gasteiger charge is -2.02. The number of carboxylic acid groups (broad SMARTS) is 2. The van der Waals surface area contributed by atoms with Crippen molar-refractivity contribution in [3.8, 4) is 6.07 Å². The van der Waals surface area contributed by atoms with Crippen LogP contribution in [0.3, 0.4) is 0 Å². The SMILES string of the molecule is N#CCC=Cc1cc(C(=O)O)ccc1C(=O)O. The van der Waals surface area contributed by atoms with Gasteiger partial charge in [0.1, 0.15) is 0 Å². The Labute approximate surface area is 97.2 Å². The van der Waals surface area contributed by atoms with Crippen LogP contribution in [0.1, 0.15) is 32.7 Å². The van der Waals surface area contributed by atoms with Crippen LogP contribution in [0.25, 0.3) is 6.08 Å². The van der Waals surface area contributed by atoms with Gasteiger partial charge in [-0.3, -0.25) is 0 Å². The van der Waals surface area contributed by atoms with E-state index in [4.69, 9.17) is 15.5 Å². The predicted octanol–water partition coefficient (Wildman–Crippen LogP) is 2.01. The monoisotopic (exact) mass is 231 g/mol. The molecule has 0 aromatic heterocycles. The Morgan fingerprint density at radius 2 is 2.00 bits per heavy atom. The van der Waals surface area contributed by atoms with Crippen LogP contribution in [-0.4, -0.2) is 22.2 Å². The average molecular weight is 231 g/mol. The predicted molar refractivity (Wildman–Crippen MR) is 59.6 cm³/mol. The molecular formula is C12H9NO4. The molecule has 0 aliphatic heterocycles. The Kier molecular flexibility index (Phi) is 4.01. The molecular weight excluding hydrogens is 222 g/mol. The smallest absolute Gasteiger partial charge is 0.336 e. The minimum atomic E-state index is -1.14. The van der Waals surface area contributed by atoms with Crippen molar-refractivity contribution in [2.24, 2.45) is 0 Å². The highest BCUT2D eigenvalue weighted by Crippen LogP contribution is 2.14. The fourth-order valence-electron chi connectivity index (χ4n) is 1.27. The van der Waals surface area contributed by atoms with Gasteiger partial charge in [-0.25, -0.2) is 9.59 Å². The summed E-state index contributed by atoms with van der Waals surface area (Å²) in [7, 11) is 0. The molecule has 1 rings (SSSR count). The quantitative estimate of drug-likeness (QED) is 0.825. The molecule has 5 nitrogen and oxygen atoms in total. The van der Waals surface area contributed by atoms with Gasteiger partial charge in [-0.05, 0) is 23.8 Å². The fraction of sp³-hybridized carbons (Fsp3) is 0.0833. The van der Waals surface area contributed by atoms with E-state index >= 15 is 0 Å². The number of carboxylic acids is 2. The first-order chi connectivity index (χ1) is 8.06. The van der Waals surface area contributed by atoms with Gasteiger partial charge in [0.25, 0.3) is 0 Å². The molecule has 0 saturated heterocycles. The molecule has 0 aliphatic rings. The minimum absolute atomic E-state index is 0.00388. The second kappa shape index (κ2) is 5.47. The number of hydrogen-bond donors (Lipinski definition) is 2. The lowest BCUT2D eigenvalue weighted by Crippen LogP contribution is -2.03. The van der Waals surface area contributed by atoms with Crippen LogP contribution >= 0.6 is 0 Å². The summed E-state index contributed by atoms with van der Waals surface area (Å²) < 4.78 is 0. The summed E-state index contributed by atoms with van der Waals surface area (Å²) in [5, 5.41) is 26.0. The summed E-state index contributed by atoms with van der Waals surface area (Å²) in [5.74, 6) is -2.27. The highest BCUT2D eigenvalue weighted by molar-refractivity contribution is 5.95. The van der Waals surface area contributed by atoms with E-state index in [2.05, 4.69) is 0 Å². The van der Waals surface area contributed by atoms with Crippen molar-refractivity contribution in [1.29, 1.82) is 5.26 Å². The standard InChI is InChI=1S/C12H9NO4/c13-6-2-1-3-8-7-9(11(14)15)4-5-10(8)12(16)17/h1,3-5,7H,2H2,(H,14,15)(H,16,17). The first-order valence-electron chi connectivity index (χ1n) is 4.70. The number of benzene rings is 1. The molecule has 0 unspecified atom stereocenters. The van der Waals surface area contributed by atoms with Gasteiger partial charge in [-0.1, -0.05) is 12.2 Å². The zero-order valence-corrected chi connectivity index (χ0v) is 8.75. The molecule has 0 saturated carbocycles. The molecule has 2 N–H and O–H groups in total. The van der Waals surface area contributed by atoms with E-state index in [1.54, 1.807) is 0 Å². The molecule has 17 heavy (non-hydrogen) atoms. The Balaban J connectivity index is 3.21. The number of aromatic carboxylic acids is 2. The zero-order chi connectivity index (χ0) is 12.8. The van der Waals surface area contributed by atoms with Gasteiger partial charge < -0.3 is 10.2 Å². The molecule has 1 aromatic rings. The zero-order valence-electron chi connectivity index (χ0n) is 8.75. The highest BCUT2D eigenvalue weighted by atomic mass is 16.4. The number of nitrogens with zero attached hydrogens (tertiary/aromatic N) is 1. The highest BCUT2D eigenvalue weighted by Gasteiger charge is 2.11. The molecule has 0 atom stereocenters. The van der Waals surface area contributed by atoms with Crippen LogP contribution in [0.4, 0.5) is 0 Å². The lowest BCUT2D eigenvalue weighted by molar-refractivity contribution is 0.0681. The third kappa shape index (κ3) is 3.18. The third-order valence-electron chi connectivity index (χ3n) is 2.04. The molecule has 0 spiro atoms. The van der Waals surface area contributed by atoms with E-state index in [1.807, 2.05) is 6.07 Å². The molecule has 0 heterocycles. The van der Waals surface area contributed by atoms with Gasteiger partial charge in [-0.15, -0.1) is 0 Å². The molecule has 5 heteroatoms. The van der Waals surface area contributed by atoms with Crippen LogP contribution in [0.2, 0.25) is 0 Å². The van der Waals surface area contributed by atoms with E-state index < -0.39 is 11.9 Å². The number of nitriles is 1. The molecule has 0 radical (unpaired) electrons. The van der Waals surface area contributed by atoms with Crippen LogP contribution in [0, 0.1) is 11.3 Å². The van der Waals surface area contributed by atoms with Crippen LogP contribution in [-0.2, 0) is 0 Å². The Morgan fingerprint density at radius 3 is 2.53 bits per heavy atom. The van der Waals surface area contributed by atoms with E-state index in [0.29, 0.717) is 0 Å². The molecule has 86 valence electrons. The van der Waals surface area contributed by atoms with Crippen LogP contribution < -0.4 is 0 Å². The third-order valence-corrected chi connectivity index (χ3v) is 2.04. The van der Waals surface area contributed by atoms with E-state index in [0.717, 1.165) is 0 Å². The molecule has 0 fully saturated rings. The largest absolute Gasteiger partial charge is 0.478 e. The van der Waals surface area contributed by atoms with Crippen molar-refractivity contribution in [2.45, 2.75) is 6.42 Å². The van der Waals surface area contributed by atoms with Crippen molar-refractivity contribution >= 4 is 18.0 Å². The van der Waals surface area contributed by atoms with E-state index in [9.17, 15) is 9.59 Å². The molecule has 1 aromatic carbocycles. The van der Waals surface area contributed by atoms with Gasteiger partial charge in [-0.2, -0.15) is 5.26 Å². The summed E-state index contributed by atoms with van der Waals surface area (Å²) in [6, 6.07) is 5.60. The Hall–Kier alpha value is -2.61. The number of hydrogen-bond acceptors (Lipinski definition) is 3. The summed E-state index contributed by atoms with van der Waals surface area (Å²) in [6.45, 7) is 0. The van der Waals surface area contributed by atoms with E-state index in [-0.39, 0.29) is 23.1 Å². The first-order valence-corrected chi connectivity index (χ1v) is 4.70. The maximum Gasteiger partial charge on any atom is 0.336 e. The summed E-state index contributed by atoms with van der Waals surface area (Å²) in [5.41, 5.74) is 0.281. The fourth-order valence-corrected chi connectivity index (χ4v) is 1.27. The topological polar surface area (TPSA) is 98.4 Å². The number of allylic oxidation sites excluding steroid dienone is 1. The van der Waals surface area contributed by atoms with Crippen molar-refractivity contribution < 1.29 is 19.8 Å². The minimum Gasteiger partial charge on any atom is -0.478 e. The van der Waals surface area contributed by atoms with Gasteiger partial charge in [0, 0.05) is 0 Å². The lowest BCUT2D eigenvalue weighted by atomic mass is 10.0. The second-order valence-corrected chi connectivity index (χ2v) is 3.18. The average Bonchev–Trinajstić information content (AvgIpc) is 2.28. The van der Waals surface area contributed by atoms with Crippen molar-refractivity contribution in [3.05, 3.63) is 41.0 Å². The van der Waals surface area contributed by atoms with Gasteiger partial charge >= 0.3 is 11.9 Å². The first kappa shape index (κ1) is 12.5. The van der Waals surface area contributed by atoms with Crippen molar-refractivity contribution in [1.82, 2.24) is 0 Å². The summed E-state index contributed by atoms with van der Waals surface area (Å²) >= 11 is 0. The molecule has 0 amide bonds. The summed E-state index contributed by atoms with van der Waals surface area (Å²) in [6.07, 6.45) is 3.04. The summed E-state index contributed by atoms with van der Waals surface area (Å²) in [4.78, 5) is 21.6. The van der Waals surface area contributed by atoms with Crippen molar-refractivity contribution in [3.63, 3.8) is 0 Å². The van der Waals surface area contributed by atoms with Crippen LogP contribution in [0.5, 0.6) is 0 Å². The van der Waals surface area contributed by atoms with E-state index in [1.165, 1.54) is 30.4 Å². The Morgan fingerprint density at radius 1 is 1.29 bits per heavy atom. The Bertz CT molecular complexity index is 526. The van der Waals surface area contributed by atoms with Crippen LogP contribution in [0.15, 0.2) is 24.3 Å². The number of carbonyl (C=O) groups is 2. The normalized spacial score (nSPS) is 10.1. The molecule has 0 bridgehead atoms. The van der Waals surface area contributed by atoms with Gasteiger partial charge in [0.05, 0.1) is 23.6 Å². The molecule has 0 aliphatic carbocycles.